The Morgan fingerprint density at radius 3 is 2.47 bits per heavy atom. The number of hydrogen-bond donors (Lipinski definition) is 2. The molecule has 15 heavy (non-hydrogen) atoms. The first-order valence-electron chi connectivity index (χ1n) is 5.15. The number of carbonyl (C=O) groups excluding carboxylic acids is 1. The Labute approximate surface area is 90.5 Å². The van der Waals surface area contributed by atoms with Crippen LogP contribution in [-0.2, 0) is 9.36 Å². The van der Waals surface area contributed by atoms with Gasteiger partial charge in [0.25, 0.3) is 0 Å². The molecule has 5 nitrogen and oxygen atoms in total. The van der Waals surface area contributed by atoms with Crippen molar-refractivity contribution in [3.05, 3.63) is 0 Å². The molecule has 0 aromatic heterocycles. The van der Waals surface area contributed by atoms with E-state index >= 15 is 0 Å². The zero-order valence-electron chi connectivity index (χ0n) is 9.35. The van der Waals surface area contributed by atoms with Crippen LogP contribution in [0.1, 0.15) is 32.6 Å². The van der Waals surface area contributed by atoms with Gasteiger partial charge in [-0.3, -0.25) is 14.6 Å². The largest absolute Gasteiger partial charge is 0.344 e. The molecule has 6 heteroatoms. The molecule has 0 aliphatic carbocycles. The van der Waals surface area contributed by atoms with E-state index in [1.54, 1.807) is 0 Å². The van der Waals surface area contributed by atoms with Crippen molar-refractivity contribution >= 4 is 13.3 Å². The molecule has 0 aliphatic heterocycles. The van der Waals surface area contributed by atoms with Crippen molar-refractivity contribution < 1.29 is 19.5 Å². The number of unbranched alkanes of at least 4 members (excludes halogenated alkanes) is 1. The van der Waals surface area contributed by atoms with E-state index in [1.165, 1.54) is 6.66 Å². The Balaban J connectivity index is 3.69. The van der Waals surface area contributed by atoms with E-state index in [4.69, 9.17) is 4.89 Å². The summed E-state index contributed by atoms with van der Waals surface area (Å²) in [5, 5.41) is 9.93. The van der Waals surface area contributed by atoms with E-state index in [0.717, 1.165) is 12.8 Å². The van der Waals surface area contributed by atoms with Gasteiger partial charge in [-0.15, -0.1) is 0 Å². The molecule has 90 valence electrons. The van der Waals surface area contributed by atoms with Gasteiger partial charge in [-0.1, -0.05) is 13.3 Å². The topological polar surface area (TPSA) is 77.8 Å². The molecule has 0 rings (SSSR count). The second-order valence-electron chi connectivity index (χ2n) is 3.75. The number of carbonyl (C=O) groups is 1. The van der Waals surface area contributed by atoms with E-state index in [-0.39, 0.29) is 18.5 Å². The van der Waals surface area contributed by atoms with Crippen molar-refractivity contribution in [2.45, 2.75) is 32.6 Å². The SMILES string of the molecule is CCCCN(O)C(=O)CCCP(C)(=O)O. The Morgan fingerprint density at radius 2 is 2.00 bits per heavy atom. The van der Waals surface area contributed by atoms with Crippen LogP contribution in [0.3, 0.4) is 0 Å². The Morgan fingerprint density at radius 1 is 1.40 bits per heavy atom. The second kappa shape index (κ2) is 6.99. The lowest BCUT2D eigenvalue weighted by molar-refractivity contribution is -0.165. The van der Waals surface area contributed by atoms with Crippen LogP contribution in [0.5, 0.6) is 0 Å². The van der Waals surface area contributed by atoms with Gasteiger partial charge in [0.15, 0.2) is 7.37 Å². The fourth-order valence-corrected chi connectivity index (χ4v) is 1.83. The van der Waals surface area contributed by atoms with E-state index in [1.807, 2.05) is 6.92 Å². The number of rotatable bonds is 7. The Kier molecular flexibility index (Phi) is 6.81. The first kappa shape index (κ1) is 14.6. The molecule has 0 aliphatic rings. The van der Waals surface area contributed by atoms with Crippen LogP contribution in [0.25, 0.3) is 0 Å². The first-order chi connectivity index (χ1) is 6.87. The lowest BCUT2D eigenvalue weighted by Gasteiger charge is -2.14. The van der Waals surface area contributed by atoms with Crippen molar-refractivity contribution in [2.24, 2.45) is 0 Å². The van der Waals surface area contributed by atoms with E-state index in [0.29, 0.717) is 18.0 Å². The average Bonchev–Trinajstić information content (AvgIpc) is 2.11. The molecule has 2 N–H and O–H groups in total. The summed E-state index contributed by atoms with van der Waals surface area (Å²) < 4.78 is 10.9. The molecule has 1 atom stereocenters. The third-order valence-electron chi connectivity index (χ3n) is 1.98. The standard InChI is InChI=1S/C9H20NO4P/c1-3-4-7-10(12)9(11)6-5-8-15(2,13)14/h12H,3-8H2,1-2H3,(H,13,14). The molecule has 0 spiro atoms. The summed E-state index contributed by atoms with van der Waals surface area (Å²) in [5.41, 5.74) is 0. The first-order valence-corrected chi connectivity index (χ1v) is 7.44. The van der Waals surface area contributed by atoms with Crippen molar-refractivity contribution in [3.63, 3.8) is 0 Å². The summed E-state index contributed by atoms with van der Waals surface area (Å²) in [5.74, 6) is -0.378. The minimum absolute atomic E-state index is 0.124. The summed E-state index contributed by atoms with van der Waals surface area (Å²) in [6, 6.07) is 0. The van der Waals surface area contributed by atoms with Crippen LogP contribution in [0, 0.1) is 0 Å². The van der Waals surface area contributed by atoms with E-state index in [9.17, 15) is 14.6 Å². The van der Waals surface area contributed by atoms with Crippen LogP contribution < -0.4 is 0 Å². The smallest absolute Gasteiger partial charge is 0.245 e. The van der Waals surface area contributed by atoms with Gasteiger partial charge in [0.05, 0.1) is 0 Å². The third kappa shape index (κ3) is 8.60. The molecule has 0 aromatic carbocycles. The average molecular weight is 237 g/mol. The molecule has 0 radical (unpaired) electrons. The molecule has 1 amide bonds. The summed E-state index contributed by atoms with van der Waals surface area (Å²) >= 11 is 0. The van der Waals surface area contributed by atoms with Gasteiger partial charge in [-0.2, -0.15) is 0 Å². The van der Waals surface area contributed by atoms with Crippen molar-refractivity contribution in [3.8, 4) is 0 Å². The number of hydrogen-bond acceptors (Lipinski definition) is 3. The summed E-state index contributed by atoms with van der Waals surface area (Å²) in [6.07, 6.45) is 2.25. The normalized spacial score (nSPS) is 14.7. The predicted molar refractivity (Wildman–Crippen MR) is 58.3 cm³/mol. The van der Waals surface area contributed by atoms with Gasteiger partial charge in [-0.25, -0.2) is 5.06 Å². The van der Waals surface area contributed by atoms with E-state index in [2.05, 4.69) is 0 Å². The van der Waals surface area contributed by atoms with Gasteiger partial charge >= 0.3 is 0 Å². The predicted octanol–water partition coefficient (Wildman–Crippen LogP) is 1.68. The van der Waals surface area contributed by atoms with Crippen molar-refractivity contribution in [1.82, 2.24) is 5.06 Å². The maximum absolute atomic E-state index is 11.2. The minimum atomic E-state index is -3.03. The van der Waals surface area contributed by atoms with Gasteiger partial charge in [-0.05, 0) is 12.8 Å². The zero-order valence-corrected chi connectivity index (χ0v) is 10.2. The molecular formula is C9H20NO4P. The molecule has 0 bridgehead atoms. The quantitative estimate of drug-likeness (QED) is 0.401. The number of nitrogens with zero attached hydrogens (tertiary/aromatic N) is 1. The maximum atomic E-state index is 11.2. The lowest BCUT2D eigenvalue weighted by Crippen LogP contribution is -2.28. The van der Waals surface area contributed by atoms with Gasteiger partial charge in [0.1, 0.15) is 0 Å². The fraction of sp³-hybridized carbons (Fsp3) is 0.889. The third-order valence-corrected chi connectivity index (χ3v) is 3.12. The molecule has 1 unspecified atom stereocenters. The zero-order chi connectivity index (χ0) is 11.9. The highest BCUT2D eigenvalue weighted by Crippen LogP contribution is 2.35. The van der Waals surface area contributed by atoms with Crippen LogP contribution in [0.2, 0.25) is 0 Å². The number of hydroxylamine groups is 2. The van der Waals surface area contributed by atoms with Crippen LogP contribution in [0.4, 0.5) is 0 Å². The molecule has 0 aromatic rings. The lowest BCUT2D eigenvalue weighted by atomic mass is 10.3. The fourth-order valence-electron chi connectivity index (χ4n) is 1.09. The summed E-state index contributed by atoms with van der Waals surface area (Å²) in [4.78, 5) is 20.2. The van der Waals surface area contributed by atoms with Crippen molar-refractivity contribution in [2.75, 3.05) is 19.4 Å². The number of amides is 1. The highest BCUT2D eigenvalue weighted by Gasteiger charge is 2.13. The monoisotopic (exact) mass is 237 g/mol. The second-order valence-corrected chi connectivity index (χ2v) is 6.30. The highest BCUT2D eigenvalue weighted by molar-refractivity contribution is 7.57. The highest BCUT2D eigenvalue weighted by atomic mass is 31.2. The maximum Gasteiger partial charge on any atom is 0.245 e. The minimum Gasteiger partial charge on any atom is -0.344 e. The van der Waals surface area contributed by atoms with Crippen LogP contribution >= 0.6 is 7.37 Å². The van der Waals surface area contributed by atoms with Crippen molar-refractivity contribution in [1.29, 1.82) is 0 Å². The van der Waals surface area contributed by atoms with Gasteiger partial charge in [0.2, 0.25) is 5.91 Å². The molecule has 0 heterocycles. The summed E-state index contributed by atoms with van der Waals surface area (Å²) in [6.45, 7) is 3.57. The molecule has 0 saturated heterocycles. The molecule has 0 saturated carbocycles. The van der Waals surface area contributed by atoms with Crippen LogP contribution in [-0.4, -0.2) is 40.4 Å². The van der Waals surface area contributed by atoms with Crippen LogP contribution in [0.15, 0.2) is 0 Å². The molecule has 0 fully saturated rings. The van der Waals surface area contributed by atoms with Gasteiger partial charge in [0, 0.05) is 25.8 Å². The van der Waals surface area contributed by atoms with E-state index < -0.39 is 7.37 Å². The summed E-state index contributed by atoms with van der Waals surface area (Å²) in [7, 11) is -3.03. The Hall–Kier alpha value is -0.380. The van der Waals surface area contributed by atoms with Gasteiger partial charge < -0.3 is 4.89 Å². The molecular weight excluding hydrogens is 217 g/mol. The Bertz CT molecular complexity index is 238.